The summed E-state index contributed by atoms with van der Waals surface area (Å²) in [6.45, 7) is 6.46. The first-order chi connectivity index (χ1) is 39.0. The Balaban J connectivity index is 4.36. The number of hydrogen-bond donors (Lipinski definition) is 0. The van der Waals surface area contributed by atoms with E-state index in [2.05, 4.69) is 154 Å². The average molecular weight is 1090 g/mol. The van der Waals surface area contributed by atoms with Crippen LogP contribution in [-0.2, 0) is 28.6 Å². The van der Waals surface area contributed by atoms with Gasteiger partial charge in [-0.05, 0) is 135 Å². The first kappa shape index (κ1) is 74.5. The first-order valence-corrected chi connectivity index (χ1v) is 32.7. The van der Waals surface area contributed by atoms with Gasteiger partial charge in [-0.1, -0.05) is 270 Å². The number of hydrogen-bond acceptors (Lipinski definition) is 6. The highest BCUT2D eigenvalue weighted by molar-refractivity contribution is 5.71. The Bertz CT molecular complexity index is 1680. The molecule has 0 aromatic carbocycles. The van der Waals surface area contributed by atoms with E-state index in [0.717, 1.165) is 161 Å². The Morgan fingerprint density at radius 2 is 0.506 bits per heavy atom. The maximum absolute atomic E-state index is 12.9. The van der Waals surface area contributed by atoms with E-state index < -0.39 is 6.10 Å². The molecule has 0 aliphatic carbocycles. The van der Waals surface area contributed by atoms with Gasteiger partial charge in [0.15, 0.2) is 6.10 Å². The topological polar surface area (TPSA) is 78.9 Å². The minimum Gasteiger partial charge on any atom is -0.462 e. The Labute approximate surface area is 487 Å². The van der Waals surface area contributed by atoms with Crippen molar-refractivity contribution in [2.75, 3.05) is 13.2 Å². The van der Waals surface area contributed by atoms with Gasteiger partial charge in [-0.25, -0.2) is 0 Å². The summed E-state index contributed by atoms with van der Waals surface area (Å²) in [6, 6.07) is 0. The van der Waals surface area contributed by atoms with E-state index in [1.165, 1.54) is 89.9 Å². The number of allylic oxidation sites excluding steroid dienone is 22. The third-order valence-electron chi connectivity index (χ3n) is 13.6. The fourth-order valence-electron chi connectivity index (χ4n) is 8.70. The standard InChI is InChI=1S/C73H120O6/c1-4-7-10-13-16-19-22-25-28-30-31-32-33-34-35-36-37-38-39-40-41-42-43-44-46-48-51-54-57-60-63-66-72(75)78-69-70(68-77-71(74)65-62-59-56-53-50-47-27-24-21-18-15-12-9-6-3)79-73(76)67-64-61-58-55-52-49-45-29-26-23-20-17-14-11-8-5-2/h7,10,15-16,18-19,24-25,27-29,31-32,34-35,37-38,40-41,43-45,70H,4-6,8-9,11-14,17,20-23,26,30,33,36,39,42,46-69H2,1-3H3/b10-7-,18-15-,19-16-,27-24-,28-25-,32-31-,35-34-,38-37-,41-40-,44-43-,45-29-. The molecule has 0 spiro atoms. The molecule has 1 atom stereocenters. The summed E-state index contributed by atoms with van der Waals surface area (Å²) < 4.78 is 16.9. The van der Waals surface area contributed by atoms with E-state index in [1.807, 2.05) is 0 Å². The Morgan fingerprint density at radius 1 is 0.266 bits per heavy atom. The molecule has 1 unspecified atom stereocenters. The van der Waals surface area contributed by atoms with E-state index in [4.69, 9.17) is 14.2 Å². The molecule has 0 fully saturated rings. The summed E-state index contributed by atoms with van der Waals surface area (Å²) in [5.74, 6) is -0.929. The third kappa shape index (κ3) is 64.3. The number of unbranched alkanes of at least 4 members (excludes halogenated alkanes) is 25. The summed E-state index contributed by atoms with van der Waals surface area (Å²) >= 11 is 0. The lowest BCUT2D eigenvalue weighted by Crippen LogP contribution is -2.30. The van der Waals surface area contributed by atoms with Gasteiger partial charge in [0.25, 0.3) is 0 Å². The van der Waals surface area contributed by atoms with Gasteiger partial charge in [-0.2, -0.15) is 0 Å². The highest BCUT2D eigenvalue weighted by Gasteiger charge is 2.19. The van der Waals surface area contributed by atoms with Gasteiger partial charge in [0, 0.05) is 19.3 Å². The van der Waals surface area contributed by atoms with Crippen LogP contribution in [0.25, 0.3) is 0 Å². The molecule has 0 aromatic heterocycles. The SMILES string of the molecule is CC/C=C\C/C=C\C/C=C\C/C=C\C/C=C\C/C=C\C/C=C\C/C=C\CCCCCCCCC(=O)OCC(COC(=O)CCCCCCC/C=C\C/C=C\CCCC)OC(=O)CCCCCCC/C=C\CCCCCCCCC. The maximum Gasteiger partial charge on any atom is 0.306 e. The van der Waals surface area contributed by atoms with E-state index in [-0.39, 0.29) is 31.1 Å². The first-order valence-electron chi connectivity index (χ1n) is 32.7. The van der Waals surface area contributed by atoms with Crippen LogP contribution >= 0.6 is 0 Å². The highest BCUT2D eigenvalue weighted by Crippen LogP contribution is 2.15. The van der Waals surface area contributed by atoms with Gasteiger partial charge in [0.1, 0.15) is 13.2 Å². The van der Waals surface area contributed by atoms with Crippen LogP contribution in [0.3, 0.4) is 0 Å². The molecule has 448 valence electrons. The molecule has 0 aromatic rings. The normalized spacial score (nSPS) is 13.0. The molecule has 6 nitrogen and oxygen atoms in total. The van der Waals surface area contributed by atoms with Crippen molar-refractivity contribution in [3.05, 3.63) is 134 Å². The molecular formula is C73H120O6. The summed E-state index contributed by atoms with van der Waals surface area (Å²) in [4.78, 5) is 38.3. The lowest BCUT2D eigenvalue weighted by molar-refractivity contribution is -0.167. The monoisotopic (exact) mass is 1090 g/mol. The predicted octanol–water partition coefficient (Wildman–Crippen LogP) is 22.5. The Morgan fingerprint density at radius 3 is 0.823 bits per heavy atom. The Hall–Kier alpha value is -4.45. The third-order valence-corrected chi connectivity index (χ3v) is 13.6. The Kier molecular flexibility index (Phi) is 62.3. The van der Waals surface area contributed by atoms with Crippen molar-refractivity contribution in [3.63, 3.8) is 0 Å². The van der Waals surface area contributed by atoms with Crippen molar-refractivity contribution in [2.45, 2.75) is 297 Å². The highest BCUT2D eigenvalue weighted by atomic mass is 16.6. The molecule has 0 aliphatic rings. The summed E-state index contributed by atoms with van der Waals surface area (Å²) in [6.07, 6.45) is 93.1. The predicted molar refractivity (Wildman–Crippen MR) is 343 cm³/mol. The fraction of sp³-hybridized carbons (Fsp3) is 0.658. The van der Waals surface area contributed by atoms with Gasteiger partial charge in [0.05, 0.1) is 0 Å². The lowest BCUT2D eigenvalue weighted by atomic mass is 10.1. The molecule has 0 bridgehead atoms. The second-order valence-corrected chi connectivity index (χ2v) is 21.3. The van der Waals surface area contributed by atoms with Crippen LogP contribution in [-0.4, -0.2) is 37.2 Å². The fourth-order valence-corrected chi connectivity index (χ4v) is 8.70. The molecule has 79 heavy (non-hydrogen) atoms. The zero-order chi connectivity index (χ0) is 57.1. The van der Waals surface area contributed by atoms with Gasteiger partial charge < -0.3 is 14.2 Å². The second kappa shape index (κ2) is 66.1. The van der Waals surface area contributed by atoms with Crippen LogP contribution in [0, 0.1) is 0 Å². The van der Waals surface area contributed by atoms with Gasteiger partial charge in [0.2, 0.25) is 0 Å². The van der Waals surface area contributed by atoms with Crippen LogP contribution in [0.1, 0.15) is 290 Å². The molecule has 0 saturated carbocycles. The molecular weight excluding hydrogens is 973 g/mol. The number of esters is 3. The van der Waals surface area contributed by atoms with Gasteiger partial charge >= 0.3 is 17.9 Å². The van der Waals surface area contributed by atoms with Crippen molar-refractivity contribution < 1.29 is 28.6 Å². The van der Waals surface area contributed by atoms with Crippen molar-refractivity contribution in [3.8, 4) is 0 Å². The molecule has 0 heterocycles. The summed E-state index contributed by atoms with van der Waals surface area (Å²) in [7, 11) is 0. The number of ether oxygens (including phenoxy) is 3. The minimum absolute atomic E-state index is 0.0958. The zero-order valence-electron chi connectivity index (χ0n) is 51.3. The van der Waals surface area contributed by atoms with Crippen molar-refractivity contribution in [1.29, 1.82) is 0 Å². The van der Waals surface area contributed by atoms with Gasteiger partial charge in [-0.3, -0.25) is 14.4 Å². The molecule has 0 rings (SSSR count). The van der Waals surface area contributed by atoms with E-state index in [9.17, 15) is 14.4 Å². The molecule has 0 aliphatic heterocycles. The van der Waals surface area contributed by atoms with E-state index in [1.54, 1.807) is 0 Å². The second-order valence-electron chi connectivity index (χ2n) is 21.3. The van der Waals surface area contributed by atoms with E-state index >= 15 is 0 Å². The number of carbonyl (C=O) groups is 3. The van der Waals surface area contributed by atoms with Crippen molar-refractivity contribution >= 4 is 17.9 Å². The summed E-state index contributed by atoms with van der Waals surface area (Å²) in [5, 5.41) is 0. The van der Waals surface area contributed by atoms with Crippen LogP contribution in [0.2, 0.25) is 0 Å². The van der Waals surface area contributed by atoms with Crippen molar-refractivity contribution in [1.82, 2.24) is 0 Å². The molecule has 0 N–H and O–H groups in total. The average Bonchev–Trinajstić information content (AvgIpc) is 3.45. The molecule has 0 amide bonds. The maximum atomic E-state index is 12.9. The van der Waals surface area contributed by atoms with Gasteiger partial charge in [-0.15, -0.1) is 0 Å². The minimum atomic E-state index is -0.799. The largest absolute Gasteiger partial charge is 0.462 e. The van der Waals surface area contributed by atoms with E-state index in [0.29, 0.717) is 19.3 Å². The zero-order valence-corrected chi connectivity index (χ0v) is 51.3. The van der Waals surface area contributed by atoms with Crippen LogP contribution in [0.15, 0.2) is 134 Å². The molecule has 0 radical (unpaired) electrons. The number of rotatable bonds is 58. The molecule has 0 saturated heterocycles. The van der Waals surface area contributed by atoms with Crippen molar-refractivity contribution in [2.24, 2.45) is 0 Å². The number of carbonyl (C=O) groups excluding carboxylic acids is 3. The smallest absolute Gasteiger partial charge is 0.306 e. The van der Waals surface area contributed by atoms with Crippen LogP contribution in [0.4, 0.5) is 0 Å². The van der Waals surface area contributed by atoms with Crippen LogP contribution in [0.5, 0.6) is 0 Å². The summed E-state index contributed by atoms with van der Waals surface area (Å²) in [5.41, 5.74) is 0. The van der Waals surface area contributed by atoms with Crippen LogP contribution < -0.4 is 0 Å². The molecule has 6 heteroatoms. The lowest BCUT2D eigenvalue weighted by Gasteiger charge is -2.18. The quantitative estimate of drug-likeness (QED) is 0.0261.